The van der Waals surface area contributed by atoms with Crippen molar-refractivity contribution >= 4 is 57.6 Å². The third kappa shape index (κ3) is 2.69. The molecule has 1 heterocycles. The van der Waals surface area contributed by atoms with Crippen molar-refractivity contribution in [3.05, 3.63) is 16.1 Å². The number of nitrogens with zero attached hydrogens (tertiary/aromatic N) is 3. The van der Waals surface area contributed by atoms with Crippen LogP contribution in [0.15, 0.2) is 6.07 Å². The monoisotopic (exact) mass is 342 g/mol. The van der Waals surface area contributed by atoms with Crippen LogP contribution < -0.4 is 5.32 Å². The number of fused-ring (bicyclic) bond motifs is 1. The van der Waals surface area contributed by atoms with Crippen molar-refractivity contribution in [3.8, 4) is 6.07 Å². The van der Waals surface area contributed by atoms with Gasteiger partial charge in [-0.1, -0.05) is 37.0 Å². The van der Waals surface area contributed by atoms with Gasteiger partial charge in [0.1, 0.15) is 16.4 Å². The van der Waals surface area contributed by atoms with Crippen LogP contribution in [0.25, 0.3) is 11.0 Å². The lowest BCUT2D eigenvalue weighted by Crippen LogP contribution is -2.34. The van der Waals surface area contributed by atoms with E-state index < -0.39 is 11.3 Å². The van der Waals surface area contributed by atoms with Gasteiger partial charge in [-0.2, -0.15) is 14.0 Å². The Morgan fingerprint density at radius 1 is 1.33 bits per heavy atom. The van der Waals surface area contributed by atoms with Crippen LogP contribution in [0.1, 0.15) is 26.7 Å². The number of hydrogen-bond acceptors (Lipinski definition) is 5. The summed E-state index contributed by atoms with van der Waals surface area (Å²) in [7, 11) is 0. The average molecular weight is 343 g/mol. The zero-order chi connectivity index (χ0) is 15.6. The van der Waals surface area contributed by atoms with Crippen molar-refractivity contribution in [2.45, 2.75) is 26.7 Å². The van der Waals surface area contributed by atoms with Gasteiger partial charge in [-0.25, -0.2) is 0 Å². The topological polar surface area (TPSA) is 78.7 Å². The van der Waals surface area contributed by atoms with Crippen LogP contribution in [-0.4, -0.2) is 14.7 Å². The molecule has 5 nitrogen and oxygen atoms in total. The maximum absolute atomic E-state index is 12.5. The molecule has 8 heteroatoms. The van der Waals surface area contributed by atoms with Gasteiger partial charge in [-0.05, 0) is 18.9 Å². The Kier molecular flexibility index (Phi) is 4.67. The Hall–Kier alpha value is -1.42. The average Bonchev–Trinajstić information content (AvgIpc) is 2.96. The molecule has 0 radical (unpaired) electrons. The number of hydrogen-bond donors (Lipinski definition) is 1. The summed E-state index contributed by atoms with van der Waals surface area (Å²) in [6, 6.07) is 3.60. The number of benzene rings is 1. The zero-order valence-electron chi connectivity index (χ0n) is 11.4. The third-order valence-corrected chi connectivity index (χ3v) is 4.65. The second-order valence-electron chi connectivity index (χ2n) is 4.53. The summed E-state index contributed by atoms with van der Waals surface area (Å²) < 4.78 is 8.19. The highest BCUT2D eigenvalue weighted by Crippen LogP contribution is 2.37. The van der Waals surface area contributed by atoms with E-state index in [9.17, 15) is 10.1 Å². The second kappa shape index (κ2) is 6.14. The fourth-order valence-corrected chi connectivity index (χ4v) is 3.17. The number of anilines is 1. The molecule has 0 aliphatic carbocycles. The van der Waals surface area contributed by atoms with Gasteiger partial charge in [0, 0.05) is 0 Å². The van der Waals surface area contributed by atoms with Crippen molar-refractivity contribution in [2.75, 3.05) is 5.32 Å². The van der Waals surface area contributed by atoms with Crippen LogP contribution in [0.3, 0.4) is 0 Å². The fraction of sp³-hybridized carbons (Fsp3) is 0.385. The van der Waals surface area contributed by atoms with Crippen LogP contribution in [0.5, 0.6) is 0 Å². The Morgan fingerprint density at radius 2 is 1.95 bits per heavy atom. The molecule has 0 spiro atoms. The molecule has 2 rings (SSSR count). The standard InChI is InChI=1S/C13H12Cl2N4OS/c1-3-13(4-2,6-16)12(20)17-9-7(14)5-8(15)10-11(9)19-21-18-10/h5H,3-4H2,1-2H3,(H,17,20). The second-order valence-corrected chi connectivity index (χ2v) is 5.87. The lowest BCUT2D eigenvalue weighted by Gasteiger charge is -2.22. The number of nitriles is 1. The summed E-state index contributed by atoms with van der Waals surface area (Å²) in [4.78, 5) is 12.5. The third-order valence-electron chi connectivity index (χ3n) is 3.54. The van der Waals surface area contributed by atoms with Gasteiger partial charge in [0.05, 0.1) is 33.5 Å². The number of halogens is 2. The Morgan fingerprint density at radius 3 is 2.52 bits per heavy atom. The van der Waals surface area contributed by atoms with Crippen LogP contribution in [0.2, 0.25) is 10.0 Å². The Balaban J connectivity index is 2.48. The van der Waals surface area contributed by atoms with E-state index in [1.165, 1.54) is 6.07 Å². The highest BCUT2D eigenvalue weighted by atomic mass is 35.5. The van der Waals surface area contributed by atoms with Crippen molar-refractivity contribution in [1.82, 2.24) is 8.75 Å². The van der Waals surface area contributed by atoms with E-state index >= 15 is 0 Å². The first-order chi connectivity index (χ1) is 9.99. The molecule has 1 aromatic carbocycles. The maximum Gasteiger partial charge on any atom is 0.244 e. The highest BCUT2D eigenvalue weighted by molar-refractivity contribution is 7.00. The number of amides is 1. The first-order valence-electron chi connectivity index (χ1n) is 6.32. The fourth-order valence-electron chi connectivity index (χ4n) is 2.01. The summed E-state index contributed by atoms with van der Waals surface area (Å²) >= 11 is 13.2. The van der Waals surface area contributed by atoms with E-state index in [0.29, 0.717) is 34.6 Å². The molecule has 110 valence electrons. The van der Waals surface area contributed by atoms with E-state index in [1.807, 2.05) is 0 Å². The van der Waals surface area contributed by atoms with Gasteiger partial charge in [-0.3, -0.25) is 4.79 Å². The minimum absolute atomic E-state index is 0.271. The molecule has 0 fully saturated rings. The highest BCUT2D eigenvalue weighted by Gasteiger charge is 2.35. The molecule has 0 aliphatic heterocycles. The number of rotatable bonds is 4. The van der Waals surface area contributed by atoms with E-state index in [2.05, 4.69) is 20.1 Å². The number of aromatic nitrogens is 2. The first kappa shape index (κ1) is 16.0. The summed E-state index contributed by atoms with van der Waals surface area (Å²) in [5.41, 5.74) is 0.178. The summed E-state index contributed by atoms with van der Waals surface area (Å²) in [5, 5.41) is 12.7. The Labute approximate surface area is 136 Å². The van der Waals surface area contributed by atoms with E-state index in [4.69, 9.17) is 23.2 Å². The SMILES string of the molecule is CCC(C#N)(CC)C(=O)Nc1c(Cl)cc(Cl)c2nsnc12. The molecule has 2 aromatic rings. The van der Waals surface area contributed by atoms with Gasteiger partial charge in [0.15, 0.2) is 0 Å². The molecule has 0 unspecified atom stereocenters. The smallest absolute Gasteiger partial charge is 0.244 e. The lowest BCUT2D eigenvalue weighted by atomic mass is 9.83. The van der Waals surface area contributed by atoms with Crippen LogP contribution in [-0.2, 0) is 4.79 Å². The summed E-state index contributed by atoms with van der Waals surface area (Å²) in [6.45, 7) is 3.60. The zero-order valence-corrected chi connectivity index (χ0v) is 13.7. The van der Waals surface area contributed by atoms with Crippen molar-refractivity contribution < 1.29 is 4.79 Å². The predicted molar refractivity (Wildman–Crippen MR) is 84.7 cm³/mol. The minimum atomic E-state index is -1.08. The Bertz CT molecular complexity index is 734. The minimum Gasteiger partial charge on any atom is -0.321 e. The number of carbonyl (C=O) groups excluding carboxylic acids is 1. The molecular formula is C13H12Cl2N4OS. The van der Waals surface area contributed by atoms with E-state index in [1.54, 1.807) is 13.8 Å². The van der Waals surface area contributed by atoms with Gasteiger partial charge < -0.3 is 5.32 Å². The summed E-state index contributed by atoms with van der Waals surface area (Å²) in [6.07, 6.45) is 0.824. The maximum atomic E-state index is 12.5. The van der Waals surface area contributed by atoms with Crippen LogP contribution >= 0.6 is 34.9 Å². The molecule has 0 aliphatic rings. The molecule has 0 atom stereocenters. The molecule has 1 aromatic heterocycles. The van der Waals surface area contributed by atoms with Crippen molar-refractivity contribution in [3.63, 3.8) is 0 Å². The van der Waals surface area contributed by atoms with E-state index in [0.717, 1.165) is 11.7 Å². The van der Waals surface area contributed by atoms with Crippen LogP contribution in [0.4, 0.5) is 5.69 Å². The van der Waals surface area contributed by atoms with Gasteiger partial charge in [0.25, 0.3) is 0 Å². The van der Waals surface area contributed by atoms with Gasteiger partial charge in [0.2, 0.25) is 5.91 Å². The quantitative estimate of drug-likeness (QED) is 0.899. The molecule has 1 amide bonds. The number of carbonyl (C=O) groups is 1. The molecule has 0 saturated heterocycles. The predicted octanol–water partition coefficient (Wildman–Crippen LogP) is 4.27. The lowest BCUT2D eigenvalue weighted by molar-refractivity contribution is -0.123. The first-order valence-corrected chi connectivity index (χ1v) is 7.80. The van der Waals surface area contributed by atoms with Gasteiger partial charge in [-0.15, -0.1) is 0 Å². The van der Waals surface area contributed by atoms with Crippen LogP contribution in [0, 0.1) is 16.7 Å². The molecule has 0 saturated carbocycles. The molecule has 0 bridgehead atoms. The molecule has 1 N–H and O–H groups in total. The molecular weight excluding hydrogens is 331 g/mol. The van der Waals surface area contributed by atoms with Gasteiger partial charge >= 0.3 is 0 Å². The largest absolute Gasteiger partial charge is 0.321 e. The number of nitrogens with one attached hydrogen (secondary N) is 1. The van der Waals surface area contributed by atoms with Crippen molar-refractivity contribution in [1.29, 1.82) is 5.26 Å². The van der Waals surface area contributed by atoms with E-state index in [-0.39, 0.29) is 5.02 Å². The molecule has 21 heavy (non-hydrogen) atoms. The summed E-state index contributed by atoms with van der Waals surface area (Å²) in [5.74, 6) is -0.395. The van der Waals surface area contributed by atoms with Crippen molar-refractivity contribution in [2.24, 2.45) is 5.41 Å². The normalized spacial score (nSPS) is 11.4.